The average molecular weight is 472 g/mol. The van der Waals surface area contributed by atoms with Crippen molar-refractivity contribution in [3.05, 3.63) is 90.6 Å². The van der Waals surface area contributed by atoms with Crippen LogP contribution in [0.5, 0.6) is 0 Å². The number of para-hydroxylation sites is 1. The molecule has 0 amide bonds. The molecule has 0 bridgehead atoms. The molecule has 0 saturated carbocycles. The van der Waals surface area contributed by atoms with Gasteiger partial charge in [0.2, 0.25) is 0 Å². The molecule has 0 spiro atoms. The second-order valence-corrected chi connectivity index (χ2v) is 8.78. The standard InChI is InChI=1S/C28H21N7O/c1-17(2)27-26-22(20-13-18-5-3-4-6-23(18)31-16-20)9-11-30-28(26)35(33-27)21-8-7-19(15-29)24(14-21)32-25-10-12-36-34-25/h3-14,16-17H,1-2H3,(H,32,34). The molecule has 6 rings (SSSR count). The van der Waals surface area contributed by atoms with Crippen LogP contribution in [0.4, 0.5) is 11.5 Å². The van der Waals surface area contributed by atoms with E-state index in [0.717, 1.165) is 44.4 Å². The number of pyridine rings is 2. The monoisotopic (exact) mass is 471 g/mol. The number of nitrogens with zero attached hydrogens (tertiary/aromatic N) is 6. The maximum Gasteiger partial charge on any atom is 0.173 e. The van der Waals surface area contributed by atoms with E-state index in [1.807, 2.05) is 47.3 Å². The SMILES string of the molecule is CC(C)c1nn(-c2ccc(C#N)c(Nc3ccon3)c2)c2nccc(-c3cnc4ccccc4c3)c12. The van der Waals surface area contributed by atoms with E-state index in [1.165, 1.54) is 6.26 Å². The highest BCUT2D eigenvalue weighted by Crippen LogP contribution is 2.35. The van der Waals surface area contributed by atoms with Crippen LogP contribution < -0.4 is 5.32 Å². The summed E-state index contributed by atoms with van der Waals surface area (Å²) in [5.41, 5.74) is 6.54. The van der Waals surface area contributed by atoms with Gasteiger partial charge in [-0.3, -0.25) is 4.98 Å². The van der Waals surface area contributed by atoms with Crippen molar-refractivity contribution >= 4 is 33.4 Å². The van der Waals surface area contributed by atoms with Crippen LogP contribution in [0.2, 0.25) is 0 Å². The van der Waals surface area contributed by atoms with Gasteiger partial charge in [0.25, 0.3) is 0 Å². The van der Waals surface area contributed by atoms with Crippen LogP contribution in [0.3, 0.4) is 0 Å². The molecule has 0 atom stereocenters. The second-order valence-electron chi connectivity index (χ2n) is 8.78. The Morgan fingerprint density at radius 2 is 1.92 bits per heavy atom. The molecular formula is C28H21N7O. The van der Waals surface area contributed by atoms with E-state index in [-0.39, 0.29) is 5.92 Å². The van der Waals surface area contributed by atoms with Gasteiger partial charge >= 0.3 is 0 Å². The highest BCUT2D eigenvalue weighted by atomic mass is 16.5. The van der Waals surface area contributed by atoms with Gasteiger partial charge in [-0.1, -0.05) is 37.2 Å². The third-order valence-corrected chi connectivity index (χ3v) is 6.11. The first-order valence-electron chi connectivity index (χ1n) is 11.6. The van der Waals surface area contributed by atoms with Crippen LogP contribution in [-0.2, 0) is 0 Å². The number of fused-ring (bicyclic) bond motifs is 2. The van der Waals surface area contributed by atoms with Crippen LogP contribution in [0.25, 0.3) is 38.8 Å². The Morgan fingerprint density at radius 3 is 2.72 bits per heavy atom. The predicted molar refractivity (Wildman–Crippen MR) is 138 cm³/mol. The minimum absolute atomic E-state index is 0.163. The lowest BCUT2D eigenvalue weighted by molar-refractivity contribution is 0.423. The van der Waals surface area contributed by atoms with Crippen molar-refractivity contribution in [3.63, 3.8) is 0 Å². The molecule has 8 heteroatoms. The van der Waals surface area contributed by atoms with Crippen LogP contribution in [0.1, 0.15) is 31.0 Å². The second kappa shape index (κ2) is 8.64. The first-order chi connectivity index (χ1) is 17.6. The van der Waals surface area contributed by atoms with Crippen molar-refractivity contribution in [1.82, 2.24) is 24.9 Å². The zero-order chi connectivity index (χ0) is 24.6. The van der Waals surface area contributed by atoms with E-state index in [2.05, 4.69) is 47.5 Å². The smallest absolute Gasteiger partial charge is 0.173 e. The molecule has 0 aliphatic heterocycles. The van der Waals surface area contributed by atoms with Gasteiger partial charge in [-0.05, 0) is 47.9 Å². The summed E-state index contributed by atoms with van der Waals surface area (Å²) >= 11 is 0. The highest BCUT2D eigenvalue weighted by Gasteiger charge is 2.20. The molecule has 36 heavy (non-hydrogen) atoms. The Kier molecular flexibility index (Phi) is 5.16. The van der Waals surface area contributed by atoms with Gasteiger partial charge in [0.15, 0.2) is 11.5 Å². The quantitative estimate of drug-likeness (QED) is 0.312. The number of benzene rings is 2. The maximum absolute atomic E-state index is 9.62. The summed E-state index contributed by atoms with van der Waals surface area (Å²) in [6, 6.07) is 21.7. The van der Waals surface area contributed by atoms with E-state index in [9.17, 15) is 5.26 Å². The fourth-order valence-corrected chi connectivity index (χ4v) is 4.39. The summed E-state index contributed by atoms with van der Waals surface area (Å²) < 4.78 is 6.75. The summed E-state index contributed by atoms with van der Waals surface area (Å²) in [7, 11) is 0. The fourth-order valence-electron chi connectivity index (χ4n) is 4.39. The van der Waals surface area contributed by atoms with Crippen LogP contribution in [0, 0.1) is 11.3 Å². The molecule has 6 aromatic rings. The third kappa shape index (κ3) is 3.63. The molecule has 8 nitrogen and oxygen atoms in total. The zero-order valence-corrected chi connectivity index (χ0v) is 19.7. The number of aromatic nitrogens is 5. The van der Waals surface area contributed by atoms with Crippen molar-refractivity contribution in [1.29, 1.82) is 5.26 Å². The van der Waals surface area contributed by atoms with Gasteiger partial charge in [0.05, 0.1) is 33.5 Å². The summed E-state index contributed by atoms with van der Waals surface area (Å²) in [6.07, 6.45) is 5.18. The van der Waals surface area contributed by atoms with E-state index in [4.69, 9.17) is 14.6 Å². The number of anilines is 2. The van der Waals surface area contributed by atoms with Crippen molar-refractivity contribution in [2.24, 2.45) is 0 Å². The van der Waals surface area contributed by atoms with Gasteiger partial charge in [0, 0.05) is 29.4 Å². The predicted octanol–water partition coefficient (Wildman–Crippen LogP) is 6.36. The lowest BCUT2D eigenvalue weighted by atomic mass is 9.98. The number of rotatable bonds is 5. The molecule has 4 heterocycles. The van der Waals surface area contributed by atoms with Crippen molar-refractivity contribution in [3.8, 4) is 22.9 Å². The minimum atomic E-state index is 0.163. The number of nitrogens with one attached hydrogen (secondary N) is 1. The van der Waals surface area contributed by atoms with Gasteiger partial charge in [-0.2, -0.15) is 10.4 Å². The Labute approximate surface area is 206 Å². The maximum atomic E-state index is 9.62. The molecule has 2 aromatic carbocycles. The first-order valence-corrected chi connectivity index (χ1v) is 11.6. The molecule has 174 valence electrons. The topological polar surface area (TPSA) is 105 Å². The van der Waals surface area contributed by atoms with Gasteiger partial charge in [-0.25, -0.2) is 9.67 Å². The van der Waals surface area contributed by atoms with E-state index in [1.54, 1.807) is 18.3 Å². The lowest BCUT2D eigenvalue weighted by Gasteiger charge is -2.09. The normalized spacial score (nSPS) is 11.3. The minimum Gasteiger partial charge on any atom is -0.363 e. The van der Waals surface area contributed by atoms with Crippen molar-refractivity contribution < 1.29 is 4.52 Å². The first kappa shape index (κ1) is 21.5. The molecule has 0 unspecified atom stereocenters. The lowest BCUT2D eigenvalue weighted by Crippen LogP contribution is -2.01. The summed E-state index contributed by atoms with van der Waals surface area (Å²) in [4.78, 5) is 9.39. The molecular weight excluding hydrogens is 450 g/mol. The zero-order valence-electron chi connectivity index (χ0n) is 19.7. The third-order valence-electron chi connectivity index (χ3n) is 6.11. The molecule has 0 radical (unpaired) electrons. The number of hydrogen-bond donors (Lipinski definition) is 1. The van der Waals surface area contributed by atoms with Crippen LogP contribution >= 0.6 is 0 Å². The molecule has 0 aliphatic rings. The van der Waals surface area contributed by atoms with Crippen LogP contribution in [-0.4, -0.2) is 24.9 Å². The molecule has 0 aliphatic carbocycles. The Morgan fingerprint density at radius 1 is 1.03 bits per heavy atom. The summed E-state index contributed by atoms with van der Waals surface area (Å²) in [5, 5.41) is 23.7. The van der Waals surface area contributed by atoms with E-state index >= 15 is 0 Å². The van der Waals surface area contributed by atoms with Crippen molar-refractivity contribution in [2.45, 2.75) is 19.8 Å². The average Bonchev–Trinajstić information content (AvgIpc) is 3.56. The van der Waals surface area contributed by atoms with E-state index in [0.29, 0.717) is 17.1 Å². The summed E-state index contributed by atoms with van der Waals surface area (Å²) in [5.74, 6) is 0.678. The number of hydrogen-bond acceptors (Lipinski definition) is 7. The Bertz CT molecular complexity index is 1760. The fraction of sp³-hybridized carbons (Fsp3) is 0.107. The van der Waals surface area contributed by atoms with Gasteiger partial charge in [-0.15, -0.1) is 0 Å². The number of nitriles is 1. The van der Waals surface area contributed by atoms with Crippen molar-refractivity contribution in [2.75, 3.05) is 5.32 Å². The Hall–Kier alpha value is -5.03. The highest BCUT2D eigenvalue weighted by molar-refractivity contribution is 5.97. The summed E-state index contributed by atoms with van der Waals surface area (Å²) in [6.45, 7) is 4.25. The molecule has 0 saturated heterocycles. The van der Waals surface area contributed by atoms with Gasteiger partial charge in [0.1, 0.15) is 12.3 Å². The molecule has 4 aromatic heterocycles. The van der Waals surface area contributed by atoms with E-state index < -0.39 is 0 Å². The van der Waals surface area contributed by atoms with Crippen LogP contribution in [0.15, 0.2) is 83.8 Å². The van der Waals surface area contributed by atoms with Gasteiger partial charge < -0.3 is 9.84 Å². The largest absolute Gasteiger partial charge is 0.363 e. The molecule has 0 fully saturated rings. The molecule has 1 N–H and O–H groups in total. The Balaban J connectivity index is 1.54.